The van der Waals surface area contributed by atoms with E-state index in [-0.39, 0.29) is 0 Å². The average molecular weight is 916 g/mol. The molecule has 0 unspecified atom stereocenters. The van der Waals surface area contributed by atoms with Crippen LogP contribution in [-0.2, 0) is 0 Å². The lowest BCUT2D eigenvalue weighted by Crippen LogP contribution is -2.08. The molecule has 332 valence electrons. The fraction of sp³-hybridized carbons (Fsp3) is 0. The van der Waals surface area contributed by atoms with Gasteiger partial charge in [-0.2, -0.15) is 10.5 Å². The Bertz CT molecular complexity index is 4610. The molecule has 0 aliphatic heterocycles. The first-order valence-corrected chi connectivity index (χ1v) is 24.1. The molecule has 0 bridgehead atoms. The second-order valence-electron chi connectivity index (χ2n) is 18.4. The van der Waals surface area contributed by atoms with Gasteiger partial charge < -0.3 is 18.3 Å². The molecule has 5 heterocycles. The van der Waals surface area contributed by atoms with Crippen molar-refractivity contribution < 1.29 is 0 Å². The van der Waals surface area contributed by atoms with Crippen LogP contribution in [-0.4, -0.2) is 23.3 Å². The maximum atomic E-state index is 11.8. The van der Waals surface area contributed by atoms with Crippen molar-refractivity contribution in [1.29, 1.82) is 10.5 Å². The highest BCUT2D eigenvalue weighted by Gasteiger charge is 2.29. The zero-order valence-electron chi connectivity index (χ0n) is 38.5. The van der Waals surface area contributed by atoms with Gasteiger partial charge in [0.2, 0.25) is 0 Å². The number of nitrogens with zero attached hydrogens (tertiary/aromatic N) is 7. The Morgan fingerprint density at radius 3 is 1.08 bits per heavy atom. The Kier molecular flexibility index (Phi) is 8.36. The third kappa shape index (κ3) is 5.34. The molecule has 7 heteroatoms. The highest BCUT2D eigenvalue weighted by Crippen LogP contribution is 2.48. The summed E-state index contributed by atoms with van der Waals surface area (Å²) < 4.78 is 9.18. The molecule has 10 aromatic carbocycles. The molecule has 72 heavy (non-hydrogen) atoms. The second-order valence-corrected chi connectivity index (χ2v) is 18.4. The Morgan fingerprint density at radius 2 is 0.667 bits per heavy atom. The van der Waals surface area contributed by atoms with Crippen LogP contribution in [0.15, 0.2) is 225 Å². The summed E-state index contributed by atoms with van der Waals surface area (Å²) in [4.78, 5) is 5.08. The van der Waals surface area contributed by atoms with Gasteiger partial charge in [0.15, 0.2) is 0 Å². The Balaban J connectivity index is 1.12. The van der Waals surface area contributed by atoms with Crippen molar-refractivity contribution in [3.8, 4) is 46.1 Å². The predicted octanol–water partition coefficient (Wildman–Crippen LogP) is 16.0. The molecule has 0 N–H and O–H groups in total. The first-order valence-electron chi connectivity index (χ1n) is 24.1. The Morgan fingerprint density at radius 1 is 0.319 bits per heavy atom. The standard InChI is InChI=1S/C65H37N7/c66-38-48-58(71-52-29-15-11-25-46(52)63-56(71)33-31-54-61(63)44-23-9-13-27-50(44)69(54)41-18-3-1-4-19-41)37-59(49(39-67)60(48)65-43-22-8-7-17-40(43)35-36-68-65)72-53-30-16-12-26-47(53)64-57(72)34-32-55-62(64)45-24-10-14-28-51(45)70(55)42-20-5-2-6-21-42/h1-37H. The van der Waals surface area contributed by atoms with Gasteiger partial charge >= 0.3 is 0 Å². The number of para-hydroxylation sites is 6. The molecule has 0 spiro atoms. The first-order chi connectivity index (χ1) is 35.7. The minimum Gasteiger partial charge on any atom is -0.309 e. The zero-order valence-corrected chi connectivity index (χ0v) is 38.5. The van der Waals surface area contributed by atoms with Gasteiger partial charge in [-0.15, -0.1) is 0 Å². The van der Waals surface area contributed by atoms with Crippen molar-refractivity contribution in [2.75, 3.05) is 0 Å². The quantitative estimate of drug-likeness (QED) is 0.172. The highest BCUT2D eigenvalue weighted by atomic mass is 15.0. The molecule has 15 aromatic rings. The van der Waals surface area contributed by atoms with E-state index in [2.05, 4.69) is 212 Å². The van der Waals surface area contributed by atoms with Crippen molar-refractivity contribution in [3.05, 3.63) is 236 Å². The summed E-state index contributed by atoms with van der Waals surface area (Å²) in [6.45, 7) is 0. The molecule has 5 aromatic heterocycles. The van der Waals surface area contributed by atoms with Crippen molar-refractivity contribution in [3.63, 3.8) is 0 Å². The van der Waals surface area contributed by atoms with E-state index in [0.29, 0.717) is 33.8 Å². The van der Waals surface area contributed by atoms with Crippen LogP contribution >= 0.6 is 0 Å². The number of rotatable bonds is 5. The van der Waals surface area contributed by atoms with E-state index in [1.807, 2.05) is 36.4 Å². The smallest absolute Gasteiger partial charge is 0.102 e. The molecule has 7 nitrogen and oxygen atoms in total. The van der Waals surface area contributed by atoms with Gasteiger partial charge in [0.1, 0.15) is 12.1 Å². The number of hydrogen-bond donors (Lipinski definition) is 0. The number of nitriles is 2. The summed E-state index contributed by atoms with van der Waals surface area (Å²) in [6, 6.07) is 81.6. The van der Waals surface area contributed by atoms with Gasteiger partial charge in [0.25, 0.3) is 0 Å². The lowest BCUT2D eigenvalue weighted by Gasteiger charge is -2.20. The van der Waals surface area contributed by atoms with Crippen molar-refractivity contribution in [1.82, 2.24) is 23.3 Å². The third-order valence-corrected chi connectivity index (χ3v) is 14.9. The van der Waals surface area contributed by atoms with E-state index >= 15 is 0 Å². The Labute approximate surface area is 411 Å². The maximum absolute atomic E-state index is 11.8. The molecule has 0 radical (unpaired) electrons. The molecule has 0 atom stereocenters. The minimum atomic E-state index is 0.364. The predicted molar refractivity (Wildman–Crippen MR) is 294 cm³/mol. The number of fused-ring (bicyclic) bond motifs is 15. The van der Waals surface area contributed by atoms with Gasteiger partial charge in [-0.05, 0) is 90.3 Å². The summed E-state index contributed by atoms with van der Waals surface area (Å²) in [5.74, 6) is 0. The molecule has 0 saturated carbocycles. The van der Waals surface area contributed by atoms with Crippen LogP contribution in [0.1, 0.15) is 11.1 Å². The van der Waals surface area contributed by atoms with Crippen molar-refractivity contribution >= 4 is 98.0 Å². The van der Waals surface area contributed by atoms with Crippen LogP contribution in [0.2, 0.25) is 0 Å². The largest absolute Gasteiger partial charge is 0.309 e. The van der Waals surface area contributed by atoms with Gasteiger partial charge in [-0.1, -0.05) is 133 Å². The lowest BCUT2D eigenvalue weighted by molar-refractivity contribution is 1.12. The summed E-state index contributed by atoms with van der Waals surface area (Å²) in [5.41, 5.74) is 13.4. The number of benzene rings is 10. The van der Waals surface area contributed by atoms with E-state index < -0.39 is 0 Å². The number of aromatic nitrogens is 5. The molecular formula is C65H37N7. The van der Waals surface area contributed by atoms with Crippen LogP contribution in [0.4, 0.5) is 0 Å². The van der Waals surface area contributed by atoms with E-state index in [1.165, 1.54) is 0 Å². The van der Waals surface area contributed by atoms with E-state index in [9.17, 15) is 10.5 Å². The molecule has 0 aliphatic carbocycles. The fourth-order valence-electron chi connectivity index (χ4n) is 12.1. The van der Waals surface area contributed by atoms with Gasteiger partial charge in [-0.3, -0.25) is 4.98 Å². The monoisotopic (exact) mass is 915 g/mol. The first kappa shape index (κ1) is 39.8. The molecule has 0 aliphatic rings. The van der Waals surface area contributed by atoms with Crippen LogP contribution in [0, 0.1) is 22.7 Å². The summed E-state index contributed by atoms with van der Waals surface area (Å²) in [5, 5.41) is 34.2. The van der Waals surface area contributed by atoms with E-state index in [0.717, 1.165) is 109 Å². The summed E-state index contributed by atoms with van der Waals surface area (Å²) in [6.07, 6.45) is 1.78. The van der Waals surface area contributed by atoms with Crippen LogP contribution < -0.4 is 0 Å². The fourth-order valence-corrected chi connectivity index (χ4v) is 12.1. The van der Waals surface area contributed by atoms with Crippen molar-refractivity contribution in [2.45, 2.75) is 0 Å². The SMILES string of the molecule is N#Cc1c(-n2c3ccccc3c3c4c5ccccc5n(-c5ccccc5)c4ccc32)cc(-n2c3ccccc3c3c4c5ccccc5n(-c5ccccc5)c4ccc32)c(C#N)c1-c1nccc2ccccc12. The highest BCUT2D eigenvalue weighted by molar-refractivity contribution is 6.30. The minimum absolute atomic E-state index is 0.364. The third-order valence-electron chi connectivity index (χ3n) is 14.9. The van der Waals surface area contributed by atoms with Crippen LogP contribution in [0.5, 0.6) is 0 Å². The zero-order chi connectivity index (χ0) is 47.6. The van der Waals surface area contributed by atoms with Crippen LogP contribution in [0.25, 0.3) is 132 Å². The molecule has 0 fully saturated rings. The number of pyridine rings is 1. The van der Waals surface area contributed by atoms with Crippen LogP contribution in [0.3, 0.4) is 0 Å². The molecular weight excluding hydrogens is 879 g/mol. The average Bonchev–Trinajstić information content (AvgIpc) is 4.17. The summed E-state index contributed by atoms with van der Waals surface area (Å²) in [7, 11) is 0. The van der Waals surface area contributed by atoms with Gasteiger partial charge in [0, 0.05) is 71.6 Å². The Hall–Kier alpha value is -10.2. The second kappa shape index (κ2) is 15.1. The molecule has 0 amide bonds. The van der Waals surface area contributed by atoms with Gasteiger partial charge in [0.05, 0.1) is 72.3 Å². The normalized spacial score (nSPS) is 11.9. The van der Waals surface area contributed by atoms with E-state index in [1.54, 1.807) is 6.20 Å². The maximum Gasteiger partial charge on any atom is 0.102 e. The van der Waals surface area contributed by atoms with Crippen molar-refractivity contribution in [2.24, 2.45) is 0 Å². The number of hydrogen-bond acceptors (Lipinski definition) is 3. The lowest BCUT2D eigenvalue weighted by atomic mass is 9.92. The summed E-state index contributed by atoms with van der Waals surface area (Å²) >= 11 is 0. The molecule has 15 rings (SSSR count). The van der Waals surface area contributed by atoms with E-state index in [4.69, 9.17) is 4.98 Å². The van der Waals surface area contributed by atoms with Gasteiger partial charge in [-0.25, -0.2) is 0 Å². The molecule has 0 saturated heterocycles. The topological polar surface area (TPSA) is 80.2 Å².